The van der Waals surface area contributed by atoms with Crippen molar-refractivity contribution in [1.29, 1.82) is 0 Å². The minimum atomic E-state index is -0.190. The molecule has 0 aromatic heterocycles. The van der Waals surface area contributed by atoms with Crippen LogP contribution in [-0.4, -0.2) is 11.2 Å². The Morgan fingerprint density at radius 3 is 1.44 bits per heavy atom. The molecular formula is C8H18O. The molecule has 0 aliphatic carbocycles. The van der Waals surface area contributed by atoms with Crippen LogP contribution < -0.4 is 0 Å². The minimum absolute atomic E-state index is 0.190. The smallest absolute Gasteiger partial charge is 0.0542 e. The molecule has 0 saturated heterocycles. The molecule has 0 fully saturated rings. The van der Waals surface area contributed by atoms with E-state index < -0.39 is 0 Å². The van der Waals surface area contributed by atoms with E-state index in [0.29, 0.717) is 5.92 Å². The van der Waals surface area contributed by atoms with Crippen LogP contribution in [0.4, 0.5) is 0 Å². The van der Waals surface area contributed by atoms with Gasteiger partial charge >= 0.3 is 0 Å². The molecule has 0 aliphatic rings. The third-order valence-electron chi connectivity index (χ3n) is 2.09. The largest absolute Gasteiger partial charge is 0.393 e. The van der Waals surface area contributed by atoms with E-state index in [4.69, 9.17) is 5.11 Å². The van der Waals surface area contributed by atoms with Gasteiger partial charge in [-0.25, -0.2) is 0 Å². The highest BCUT2D eigenvalue weighted by atomic mass is 16.3. The Bertz CT molecular complexity index is 79.1. The maximum absolute atomic E-state index is 9.16. The van der Waals surface area contributed by atoms with Gasteiger partial charge in [0.1, 0.15) is 0 Å². The molecule has 9 heavy (non-hydrogen) atoms. The summed E-state index contributed by atoms with van der Waals surface area (Å²) in [5.41, 5.74) is 0.230. The van der Waals surface area contributed by atoms with Gasteiger partial charge in [0, 0.05) is 0 Å². The Morgan fingerprint density at radius 1 is 1.11 bits per heavy atom. The van der Waals surface area contributed by atoms with Crippen LogP contribution in [0, 0.1) is 11.3 Å². The van der Waals surface area contributed by atoms with Crippen molar-refractivity contribution in [3.8, 4) is 0 Å². The van der Waals surface area contributed by atoms with Gasteiger partial charge in [-0.1, -0.05) is 27.7 Å². The van der Waals surface area contributed by atoms with Gasteiger partial charge in [0.2, 0.25) is 0 Å². The Balaban J connectivity index is 3.88. The number of aliphatic hydroxyl groups excluding tert-OH is 1. The van der Waals surface area contributed by atoms with E-state index >= 15 is 0 Å². The fraction of sp³-hybridized carbons (Fsp3) is 1.00. The predicted molar refractivity (Wildman–Crippen MR) is 40.3 cm³/mol. The molecule has 0 aromatic rings. The van der Waals surface area contributed by atoms with Crippen molar-refractivity contribution in [3.63, 3.8) is 0 Å². The molecule has 0 radical (unpaired) electrons. The van der Waals surface area contributed by atoms with E-state index in [2.05, 4.69) is 27.7 Å². The van der Waals surface area contributed by atoms with Crippen LogP contribution in [0.1, 0.15) is 34.6 Å². The molecule has 0 rings (SSSR count). The highest BCUT2D eigenvalue weighted by Gasteiger charge is 2.23. The Hall–Kier alpha value is -0.0400. The van der Waals surface area contributed by atoms with Crippen LogP contribution in [0.3, 0.4) is 0 Å². The molecule has 1 heteroatoms. The summed E-state index contributed by atoms with van der Waals surface area (Å²) in [6.45, 7) is 10.3. The molecule has 0 bridgehead atoms. The highest BCUT2D eigenvalue weighted by molar-refractivity contribution is 4.73. The van der Waals surface area contributed by atoms with Gasteiger partial charge in [0.15, 0.2) is 0 Å². The van der Waals surface area contributed by atoms with Crippen LogP contribution in [0.25, 0.3) is 0 Å². The monoisotopic (exact) mass is 130 g/mol. The van der Waals surface area contributed by atoms with Crippen molar-refractivity contribution in [1.82, 2.24) is 0 Å². The summed E-state index contributed by atoms with van der Waals surface area (Å²) in [7, 11) is 0. The summed E-state index contributed by atoms with van der Waals surface area (Å²) in [5.74, 6) is 0.373. The van der Waals surface area contributed by atoms with E-state index in [1.807, 2.05) is 6.92 Å². The van der Waals surface area contributed by atoms with Crippen molar-refractivity contribution >= 4 is 0 Å². The molecule has 0 spiro atoms. The van der Waals surface area contributed by atoms with Gasteiger partial charge in [-0.2, -0.15) is 0 Å². The molecule has 0 amide bonds. The first-order chi connectivity index (χ1) is 3.85. The Labute approximate surface area is 58.1 Å². The first-order valence-electron chi connectivity index (χ1n) is 3.53. The Morgan fingerprint density at radius 2 is 1.44 bits per heavy atom. The lowest BCUT2D eigenvalue weighted by Gasteiger charge is -2.29. The van der Waals surface area contributed by atoms with E-state index in [1.165, 1.54) is 0 Å². The van der Waals surface area contributed by atoms with E-state index in [-0.39, 0.29) is 11.5 Å². The van der Waals surface area contributed by atoms with Gasteiger partial charge in [-0.05, 0) is 18.3 Å². The SMILES string of the molecule is CC(O)C(C)C(C)(C)C. The zero-order valence-corrected chi connectivity index (χ0v) is 7.10. The maximum Gasteiger partial charge on any atom is 0.0542 e. The molecule has 1 N–H and O–H groups in total. The third kappa shape index (κ3) is 2.85. The van der Waals surface area contributed by atoms with Gasteiger partial charge in [-0.15, -0.1) is 0 Å². The first-order valence-corrected chi connectivity index (χ1v) is 3.53. The average Bonchev–Trinajstić information content (AvgIpc) is 1.62. The lowest BCUT2D eigenvalue weighted by atomic mass is 9.79. The topological polar surface area (TPSA) is 20.2 Å². The highest BCUT2D eigenvalue weighted by Crippen LogP contribution is 2.27. The zero-order valence-electron chi connectivity index (χ0n) is 7.10. The molecule has 56 valence electrons. The molecule has 2 unspecified atom stereocenters. The number of hydrogen-bond acceptors (Lipinski definition) is 1. The summed E-state index contributed by atoms with van der Waals surface area (Å²) in [6, 6.07) is 0. The normalized spacial score (nSPS) is 19.3. The van der Waals surface area contributed by atoms with Crippen molar-refractivity contribution in [3.05, 3.63) is 0 Å². The van der Waals surface area contributed by atoms with Gasteiger partial charge in [-0.3, -0.25) is 0 Å². The predicted octanol–water partition coefficient (Wildman–Crippen LogP) is 2.05. The summed E-state index contributed by atoms with van der Waals surface area (Å²) >= 11 is 0. The van der Waals surface area contributed by atoms with Crippen LogP contribution in [0.15, 0.2) is 0 Å². The van der Waals surface area contributed by atoms with Gasteiger partial charge in [0.05, 0.1) is 6.10 Å². The molecule has 0 saturated carbocycles. The van der Waals surface area contributed by atoms with E-state index in [9.17, 15) is 0 Å². The summed E-state index contributed by atoms with van der Waals surface area (Å²) in [6.07, 6.45) is -0.190. The van der Waals surface area contributed by atoms with Crippen molar-refractivity contribution in [2.24, 2.45) is 11.3 Å². The standard InChI is InChI=1S/C8H18O/c1-6(7(2)9)8(3,4)5/h6-7,9H,1-5H3. The molecule has 1 nitrogen and oxygen atoms in total. The van der Waals surface area contributed by atoms with Crippen LogP contribution in [0.2, 0.25) is 0 Å². The fourth-order valence-corrected chi connectivity index (χ4v) is 0.724. The third-order valence-corrected chi connectivity index (χ3v) is 2.09. The fourth-order valence-electron chi connectivity index (χ4n) is 0.724. The molecule has 2 atom stereocenters. The molecule has 0 aliphatic heterocycles. The maximum atomic E-state index is 9.16. The van der Waals surface area contributed by atoms with Crippen molar-refractivity contribution < 1.29 is 5.11 Å². The van der Waals surface area contributed by atoms with Crippen molar-refractivity contribution in [2.45, 2.75) is 40.7 Å². The summed E-state index contributed by atoms with van der Waals surface area (Å²) in [4.78, 5) is 0. The van der Waals surface area contributed by atoms with Crippen molar-refractivity contribution in [2.75, 3.05) is 0 Å². The number of aliphatic hydroxyl groups is 1. The summed E-state index contributed by atoms with van der Waals surface area (Å²) in [5, 5.41) is 9.16. The Kier molecular flexibility index (Phi) is 2.68. The first kappa shape index (κ1) is 8.96. The second-order valence-corrected chi connectivity index (χ2v) is 3.90. The quantitative estimate of drug-likeness (QED) is 0.576. The second-order valence-electron chi connectivity index (χ2n) is 3.90. The summed E-state index contributed by atoms with van der Waals surface area (Å²) < 4.78 is 0. The average molecular weight is 130 g/mol. The molecule has 0 heterocycles. The number of hydrogen-bond donors (Lipinski definition) is 1. The van der Waals surface area contributed by atoms with E-state index in [0.717, 1.165) is 0 Å². The lowest BCUT2D eigenvalue weighted by Crippen LogP contribution is -2.27. The lowest BCUT2D eigenvalue weighted by molar-refractivity contribution is 0.0685. The number of rotatable bonds is 1. The van der Waals surface area contributed by atoms with Crippen LogP contribution in [0.5, 0.6) is 0 Å². The minimum Gasteiger partial charge on any atom is -0.393 e. The molecular weight excluding hydrogens is 112 g/mol. The second kappa shape index (κ2) is 2.70. The van der Waals surface area contributed by atoms with E-state index in [1.54, 1.807) is 0 Å². The van der Waals surface area contributed by atoms with Gasteiger partial charge in [0.25, 0.3) is 0 Å². The zero-order chi connectivity index (χ0) is 7.65. The van der Waals surface area contributed by atoms with Crippen LogP contribution >= 0.6 is 0 Å². The van der Waals surface area contributed by atoms with Gasteiger partial charge < -0.3 is 5.11 Å². The van der Waals surface area contributed by atoms with Crippen LogP contribution in [-0.2, 0) is 0 Å². The molecule has 0 aromatic carbocycles.